The van der Waals surface area contributed by atoms with Crippen molar-refractivity contribution in [2.24, 2.45) is 5.41 Å². The van der Waals surface area contributed by atoms with E-state index >= 15 is 0 Å². The molecule has 7 heteroatoms. The first kappa shape index (κ1) is 25.7. The number of fused-ring (bicyclic) bond motifs is 3. The summed E-state index contributed by atoms with van der Waals surface area (Å²) in [4.78, 5) is 40.4. The number of benzene rings is 3. The SMILES string of the molecule is CC(C)(C)C1N([C@@H](Cc2ccccc2)C(=O)O)C1(C(=O)O)C(=O)OCC1c2ccccc2-c2ccccc21. The molecule has 196 valence electrons. The zero-order valence-corrected chi connectivity index (χ0v) is 21.6. The fourth-order valence-electron chi connectivity index (χ4n) is 6.16. The van der Waals surface area contributed by atoms with Crippen molar-refractivity contribution in [2.45, 2.75) is 50.7 Å². The van der Waals surface area contributed by atoms with Gasteiger partial charge in [-0.1, -0.05) is 99.6 Å². The Hall–Kier alpha value is -3.97. The Bertz CT molecular complexity index is 1350. The molecule has 3 unspecified atom stereocenters. The molecule has 2 N–H and O–H groups in total. The van der Waals surface area contributed by atoms with Crippen LogP contribution in [0.2, 0.25) is 0 Å². The zero-order chi connectivity index (χ0) is 27.2. The lowest BCUT2D eigenvalue weighted by Crippen LogP contribution is -2.46. The van der Waals surface area contributed by atoms with Gasteiger partial charge in [0.25, 0.3) is 0 Å². The topological polar surface area (TPSA) is 104 Å². The Balaban J connectivity index is 1.46. The second-order valence-corrected chi connectivity index (χ2v) is 11.1. The highest BCUT2D eigenvalue weighted by Gasteiger charge is 2.80. The molecule has 1 aliphatic heterocycles. The van der Waals surface area contributed by atoms with Crippen LogP contribution in [0.25, 0.3) is 11.1 Å². The van der Waals surface area contributed by atoms with Crippen molar-refractivity contribution in [2.75, 3.05) is 6.61 Å². The molecule has 38 heavy (non-hydrogen) atoms. The summed E-state index contributed by atoms with van der Waals surface area (Å²) >= 11 is 0. The second kappa shape index (κ2) is 9.40. The molecular weight excluding hydrogens is 482 g/mol. The lowest BCUT2D eigenvalue weighted by atomic mass is 9.84. The molecular formula is C31H31NO6. The first-order valence-corrected chi connectivity index (χ1v) is 12.7. The molecule has 0 bridgehead atoms. The third-order valence-electron chi connectivity index (χ3n) is 7.71. The molecule has 1 heterocycles. The van der Waals surface area contributed by atoms with E-state index in [-0.39, 0.29) is 18.9 Å². The van der Waals surface area contributed by atoms with Crippen molar-refractivity contribution in [1.82, 2.24) is 4.90 Å². The number of carboxylic acids is 2. The second-order valence-electron chi connectivity index (χ2n) is 11.1. The minimum absolute atomic E-state index is 0.0387. The summed E-state index contributed by atoms with van der Waals surface area (Å²) in [6.07, 6.45) is 0.0639. The minimum atomic E-state index is -2.09. The lowest BCUT2D eigenvalue weighted by Gasteiger charge is -2.21. The highest BCUT2D eigenvalue weighted by atomic mass is 16.5. The highest BCUT2D eigenvalue weighted by Crippen LogP contribution is 2.54. The van der Waals surface area contributed by atoms with Gasteiger partial charge in [-0.05, 0) is 39.7 Å². The highest BCUT2D eigenvalue weighted by molar-refractivity contribution is 6.10. The van der Waals surface area contributed by atoms with Gasteiger partial charge in [0.1, 0.15) is 12.6 Å². The smallest absolute Gasteiger partial charge is 0.340 e. The summed E-state index contributed by atoms with van der Waals surface area (Å²) in [5.74, 6) is -3.74. The molecule has 0 saturated carbocycles. The van der Waals surface area contributed by atoms with Gasteiger partial charge < -0.3 is 14.9 Å². The van der Waals surface area contributed by atoms with E-state index in [0.717, 1.165) is 27.8 Å². The van der Waals surface area contributed by atoms with Crippen LogP contribution in [0.15, 0.2) is 78.9 Å². The number of carbonyl (C=O) groups is 3. The normalized spacial score (nSPS) is 22.7. The van der Waals surface area contributed by atoms with E-state index in [2.05, 4.69) is 0 Å². The fraction of sp³-hybridized carbons (Fsp3) is 0.323. The Morgan fingerprint density at radius 3 is 1.89 bits per heavy atom. The summed E-state index contributed by atoms with van der Waals surface area (Å²) in [6, 6.07) is 22.7. The van der Waals surface area contributed by atoms with E-state index in [1.54, 1.807) is 24.3 Å². The van der Waals surface area contributed by atoms with Crippen molar-refractivity contribution in [3.8, 4) is 11.1 Å². The van der Waals surface area contributed by atoms with E-state index in [1.807, 2.05) is 75.4 Å². The number of esters is 1. The Labute approximate surface area is 221 Å². The largest absolute Gasteiger partial charge is 0.480 e. The quantitative estimate of drug-likeness (QED) is 0.258. The van der Waals surface area contributed by atoms with Gasteiger partial charge in [-0.3, -0.25) is 9.69 Å². The monoisotopic (exact) mass is 513 g/mol. The van der Waals surface area contributed by atoms with Crippen LogP contribution >= 0.6 is 0 Å². The van der Waals surface area contributed by atoms with Crippen LogP contribution in [0.4, 0.5) is 0 Å². The van der Waals surface area contributed by atoms with Crippen LogP contribution in [0.1, 0.15) is 43.4 Å². The molecule has 1 fully saturated rings. The van der Waals surface area contributed by atoms with Crippen LogP contribution in [-0.4, -0.2) is 57.3 Å². The maximum Gasteiger partial charge on any atom is 0.340 e. The Kier molecular flexibility index (Phi) is 6.35. The molecule has 0 amide bonds. The standard InChI is InChI=1S/C31H31NO6/c1-30(2,3)27-31(28(35)36,32(27)25(26(33)34)17-19-11-5-4-6-12-19)29(37)38-18-24-22-15-9-7-13-20(22)21-14-8-10-16-23(21)24/h4-16,24-25,27H,17-18H2,1-3H3,(H,33,34)(H,35,36)/t25-,27?,31?,32?/m0/s1. The van der Waals surface area contributed by atoms with E-state index < -0.39 is 40.9 Å². The van der Waals surface area contributed by atoms with Crippen LogP contribution < -0.4 is 0 Å². The van der Waals surface area contributed by atoms with Crippen molar-refractivity contribution in [3.05, 3.63) is 95.6 Å². The number of ether oxygens (including phenoxy) is 1. The summed E-state index contributed by atoms with van der Waals surface area (Å²) in [7, 11) is 0. The fourth-order valence-corrected chi connectivity index (χ4v) is 6.16. The van der Waals surface area contributed by atoms with Crippen LogP contribution in [0, 0.1) is 5.41 Å². The average Bonchev–Trinajstić information content (AvgIpc) is 3.51. The van der Waals surface area contributed by atoms with Crippen molar-refractivity contribution in [3.63, 3.8) is 0 Å². The molecule has 2 aliphatic rings. The molecule has 0 aromatic heterocycles. The van der Waals surface area contributed by atoms with E-state index in [4.69, 9.17) is 4.74 Å². The van der Waals surface area contributed by atoms with Crippen LogP contribution in [0.3, 0.4) is 0 Å². The molecule has 0 spiro atoms. The number of rotatable bonds is 8. The van der Waals surface area contributed by atoms with Gasteiger partial charge >= 0.3 is 17.9 Å². The maximum atomic E-state index is 13.8. The molecule has 1 saturated heterocycles. The van der Waals surface area contributed by atoms with E-state index in [0.29, 0.717) is 0 Å². The summed E-state index contributed by atoms with van der Waals surface area (Å²) in [5.41, 5.74) is 2.10. The Morgan fingerprint density at radius 1 is 0.868 bits per heavy atom. The maximum absolute atomic E-state index is 13.8. The van der Waals surface area contributed by atoms with Crippen LogP contribution in [-0.2, 0) is 25.5 Å². The first-order valence-electron chi connectivity index (χ1n) is 12.7. The van der Waals surface area contributed by atoms with Gasteiger partial charge in [-0.25, -0.2) is 9.59 Å². The zero-order valence-electron chi connectivity index (χ0n) is 21.6. The van der Waals surface area contributed by atoms with E-state index in [1.165, 1.54) is 4.90 Å². The van der Waals surface area contributed by atoms with Gasteiger partial charge in [-0.2, -0.15) is 0 Å². The molecule has 0 radical (unpaired) electrons. The number of carboxylic acid groups (broad SMARTS) is 2. The average molecular weight is 514 g/mol. The number of nitrogens with zero attached hydrogens (tertiary/aromatic N) is 1. The summed E-state index contributed by atoms with van der Waals surface area (Å²) in [6.45, 7) is 5.40. The predicted molar refractivity (Wildman–Crippen MR) is 142 cm³/mol. The molecule has 7 nitrogen and oxygen atoms in total. The van der Waals surface area contributed by atoms with Gasteiger partial charge in [0, 0.05) is 5.92 Å². The van der Waals surface area contributed by atoms with Gasteiger partial charge in [0.05, 0.1) is 6.04 Å². The lowest BCUT2D eigenvalue weighted by molar-refractivity contribution is -0.159. The van der Waals surface area contributed by atoms with E-state index in [9.17, 15) is 24.6 Å². The number of aliphatic carboxylic acids is 2. The van der Waals surface area contributed by atoms with Crippen LogP contribution in [0.5, 0.6) is 0 Å². The number of carbonyl (C=O) groups excluding carboxylic acids is 1. The summed E-state index contributed by atoms with van der Waals surface area (Å²) in [5, 5.41) is 20.6. The third-order valence-corrected chi connectivity index (χ3v) is 7.71. The van der Waals surface area contributed by atoms with Gasteiger partial charge in [0.2, 0.25) is 5.54 Å². The molecule has 4 atom stereocenters. The Morgan fingerprint density at radius 2 is 1.39 bits per heavy atom. The number of hydrogen-bond acceptors (Lipinski definition) is 5. The van der Waals surface area contributed by atoms with Crippen molar-refractivity contribution >= 4 is 17.9 Å². The summed E-state index contributed by atoms with van der Waals surface area (Å²) < 4.78 is 5.81. The molecule has 3 aromatic rings. The molecule has 5 rings (SSSR count). The van der Waals surface area contributed by atoms with Crippen molar-refractivity contribution in [1.29, 1.82) is 0 Å². The molecule has 1 aliphatic carbocycles. The molecule has 3 aromatic carbocycles. The third kappa shape index (κ3) is 4.07. The minimum Gasteiger partial charge on any atom is -0.480 e. The van der Waals surface area contributed by atoms with Gasteiger partial charge in [-0.15, -0.1) is 0 Å². The first-order chi connectivity index (χ1) is 18.1. The van der Waals surface area contributed by atoms with Gasteiger partial charge in [0.15, 0.2) is 0 Å². The number of hydrogen-bond donors (Lipinski definition) is 2. The predicted octanol–water partition coefficient (Wildman–Crippen LogP) is 4.59. The van der Waals surface area contributed by atoms with Crippen molar-refractivity contribution < 1.29 is 29.3 Å².